The van der Waals surface area contributed by atoms with Crippen LogP contribution in [0.2, 0.25) is 0 Å². The highest BCUT2D eigenvalue weighted by Crippen LogP contribution is 2.32. The van der Waals surface area contributed by atoms with Gasteiger partial charge in [0.25, 0.3) is 0 Å². The lowest BCUT2D eigenvalue weighted by molar-refractivity contribution is -0.140. The molecule has 0 unspecified atom stereocenters. The topological polar surface area (TPSA) is 52.6 Å². The zero-order chi connectivity index (χ0) is 24.4. The maximum atomic E-state index is 12.5. The van der Waals surface area contributed by atoms with Crippen LogP contribution in [0.25, 0.3) is 6.08 Å². The number of rotatable bonds is 16. The Balaban J connectivity index is 1.59. The molecule has 34 heavy (non-hydrogen) atoms. The van der Waals surface area contributed by atoms with Crippen LogP contribution in [0.5, 0.6) is 5.75 Å². The van der Waals surface area contributed by atoms with Crippen LogP contribution in [0.1, 0.15) is 102 Å². The maximum Gasteiger partial charge on any atom is 0.330 e. The smallest absolute Gasteiger partial charge is 0.330 e. The first-order valence-corrected chi connectivity index (χ1v) is 13.4. The number of esters is 2. The third-order valence-electron chi connectivity index (χ3n) is 6.68. The molecule has 1 aromatic carbocycles. The molecule has 0 radical (unpaired) electrons. The molecule has 0 aromatic heterocycles. The van der Waals surface area contributed by atoms with E-state index in [4.69, 9.17) is 9.47 Å². The van der Waals surface area contributed by atoms with Gasteiger partial charge in [-0.15, -0.1) is 6.58 Å². The highest BCUT2D eigenvalue weighted by atomic mass is 16.5. The first-order valence-electron chi connectivity index (χ1n) is 13.4. The average molecular weight is 469 g/mol. The van der Waals surface area contributed by atoms with E-state index in [1.165, 1.54) is 51.0 Å². The number of carbonyl (C=O) groups is 2. The van der Waals surface area contributed by atoms with Crippen LogP contribution in [0, 0.1) is 11.8 Å². The highest BCUT2D eigenvalue weighted by Gasteiger charge is 2.27. The molecule has 4 heteroatoms. The van der Waals surface area contributed by atoms with Gasteiger partial charge in [-0.1, -0.05) is 76.5 Å². The summed E-state index contributed by atoms with van der Waals surface area (Å²) >= 11 is 0. The number of benzene rings is 1. The molecule has 1 aliphatic carbocycles. The van der Waals surface area contributed by atoms with E-state index < -0.39 is 0 Å². The fourth-order valence-corrected chi connectivity index (χ4v) is 4.51. The van der Waals surface area contributed by atoms with E-state index in [0.717, 1.165) is 50.5 Å². The van der Waals surface area contributed by atoms with Crippen LogP contribution in [-0.4, -0.2) is 18.5 Å². The molecular formula is C30H44O4. The Bertz CT molecular complexity index is 742. The van der Waals surface area contributed by atoms with Gasteiger partial charge in [0.15, 0.2) is 0 Å². The molecule has 0 heterocycles. The molecule has 0 bridgehead atoms. The third kappa shape index (κ3) is 11.7. The number of hydrogen-bond acceptors (Lipinski definition) is 4. The Labute approximate surface area is 206 Å². The van der Waals surface area contributed by atoms with Crippen LogP contribution in [0.15, 0.2) is 43.0 Å². The molecule has 4 nitrogen and oxygen atoms in total. The highest BCUT2D eigenvalue weighted by molar-refractivity contribution is 5.87. The molecule has 0 atom stereocenters. The van der Waals surface area contributed by atoms with Crippen molar-refractivity contribution in [3.8, 4) is 5.75 Å². The molecule has 0 N–H and O–H groups in total. The van der Waals surface area contributed by atoms with E-state index in [-0.39, 0.29) is 17.9 Å². The van der Waals surface area contributed by atoms with Crippen LogP contribution in [0.4, 0.5) is 0 Å². The minimum Gasteiger partial charge on any atom is -0.463 e. The van der Waals surface area contributed by atoms with Gasteiger partial charge in [0.05, 0.1) is 12.5 Å². The molecular weight excluding hydrogens is 424 g/mol. The molecule has 0 amide bonds. The number of hydrogen-bond donors (Lipinski definition) is 0. The van der Waals surface area contributed by atoms with Crippen molar-refractivity contribution in [2.24, 2.45) is 11.8 Å². The SMILES string of the molecule is C=CCC1CCC(C(=O)Oc2ccc(C=CC(=O)OCCCCCCCCCCC)cc2)CC1. The predicted octanol–water partition coefficient (Wildman–Crippen LogP) is 8.06. The predicted molar refractivity (Wildman–Crippen MR) is 140 cm³/mol. The first kappa shape index (κ1) is 27.9. The van der Waals surface area contributed by atoms with Gasteiger partial charge in [-0.05, 0) is 68.2 Å². The number of unbranched alkanes of at least 4 members (excludes halogenated alkanes) is 8. The second-order valence-corrected chi connectivity index (χ2v) is 9.56. The van der Waals surface area contributed by atoms with Gasteiger partial charge in [-0.3, -0.25) is 4.79 Å². The lowest BCUT2D eigenvalue weighted by Crippen LogP contribution is -2.25. The Morgan fingerprint density at radius 3 is 2.15 bits per heavy atom. The van der Waals surface area contributed by atoms with Crippen molar-refractivity contribution in [1.29, 1.82) is 0 Å². The molecule has 1 saturated carbocycles. The summed E-state index contributed by atoms with van der Waals surface area (Å²) in [6.45, 7) is 6.52. The van der Waals surface area contributed by atoms with Crippen molar-refractivity contribution >= 4 is 18.0 Å². The second-order valence-electron chi connectivity index (χ2n) is 9.56. The van der Waals surface area contributed by atoms with Crippen molar-refractivity contribution < 1.29 is 19.1 Å². The lowest BCUT2D eigenvalue weighted by atomic mass is 9.80. The standard InChI is InChI=1S/C30H44O4/c1-3-5-6-7-8-9-10-11-12-24-33-29(31)23-18-26-16-21-28(22-17-26)34-30(32)27-19-14-25(13-4-2)15-20-27/h4,16-18,21-23,25,27H,2-3,5-15,19-20,24H2,1H3. The molecule has 1 aliphatic rings. The zero-order valence-corrected chi connectivity index (χ0v) is 21.1. The zero-order valence-electron chi connectivity index (χ0n) is 21.1. The Morgan fingerprint density at radius 2 is 1.53 bits per heavy atom. The van der Waals surface area contributed by atoms with Crippen molar-refractivity contribution in [2.75, 3.05) is 6.61 Å². The molecule has 0 saturated heterocycles. The fraction of sp³-hybridized carbons (Fsp3) is 0.600. The summed E-state index contributed by atoms with van der Waals surface area (Å²) in [5, 5.41) is 0. The van der Waals surface area contributed by atoms with Crippen molar-refractivity contribution in [3.05, 3.63) is 48.6 Å². The maximum absolute atomic E-state index is 12.5. The van der Waals surface area contributed by atoms with E-state index in [1.54, 1.807) is 18.2 Å². The first-order chi connectivity index (χ1) is 16.6. The second kappa shape index (κ2) is 17.1. The van der Waals surface area contributed by atoms with Gasteiger partial charge in [0, 0.05) is 6.08 Å². The van der Waals surface area contributed by atoms with Crippen LogP contribution in [-0.2, 0) is 14.3 Å². The molecule has 2 rings (SSSR count). The van der Waals surface area contributed by atoms with Gasteiger partial charge in [0.2, 0.25) is 0 Å². The molecule has 0 aliphatic heterocycles. The van der Waals surface area contributed by atoms with Crippen LogP contribution >= 0.6 is 0 Å². The molecule has 0 spiro atoms. The van der Waals surface area contributed by atoms with E-state index in [9.17, 15) is 9.59 Å². The Morgan fingerprint density at radius 1 is 0.912 bits per heavy atom. The molecule has 1 fully saturated rings. The van der Waals surface area contributed by atoms with Gasteiger partial charge in [-0.2, -0.15) is 0 Å². The third-order valence-corrected chi connectivity index (χ3v) is 6.68. The van der Waals surface area contributed by atoms with Gasteiger partial charge >= 0.3 is 11.9 Å². The molecule has 1 aromatic rings. The van der Waals surface area contributed by atoms with Crippen molar-refractivity contribution in [2.45, 2.75) is 96.8 Å². The number of allylic oxidation sites excluding steroid dienone is 1. The van der Waals surface area contributed by atoms with Crippen molar-refractivity contribution in [3.63, 3.8) is 0 Å². The summed E-state index contributed by atoms with van der Waals surface area (Å²) in [6.07, 6.45) is 21.3. The summed E-state index contributed by atoms with van der Waals surface area (Å²) in [4.78, 5) is 24.4. The number of carbonyl (C=O) groups excluding carboxylic acids is 2. The monoisotopic (exact) mass is 468 g/mol. The minimum atomic E-state index is -0.317. The summed E-state index contributed by atoms with van der Waals surface area (Å²) in [5.41, 5.74) is 0.866. The van der Waals surface area contributed by atoms with E-state index in [1.807, 2.05) is 18.2 Å². The van der Waals surface area contributed by atoms with E-state index in [0.29, 0.717) is 18.3 Å². The lowest BCUT2D eigenvalue weighted by Gasteiger charge is -2.26. The van der Waals surface area contributed by atoms with E-state index in [2.05, 4.69) is 13.5 Å². The fourth-order valence-electron chi connectivity index (χ4n) is 4.51. The van der Waals surface area contributed by atoms with Crippen LogP contribution in [0.3, 0.4) is 0 Å². The van der Waals surface area contributed by atoms with Gasteiger partial charge in [0.1, 0.15) is 5.75 Å². The Kier molecular flexibility index (Phi) is 14.0. The Hall–Kier alpha value is -2.36. The average Bonchev–Trinajstić information content (AvgIpc) is 2.85. The normalized spacial score (nSPS) is 18.0. The minimum absolute atomic E-state index is 0.0128. The summed E-state index contributed by atoms with van der Waals surface area (Å²) in [6, 6.07) is 7.23. The number of ether oxygens (including phenoxy) is 2. The van der Waals surface area contributed by atoms with Gasteiger partial charge in [-0.25, -0.2) is 4.79 Å². The molecule has 188 valence electrons. The summed E-state index contributed by atoms with van der Waals surface area (Å²) in [5.74, 6) is 0.733. The largest absolute Gasteiger partial charge is 0.463 e. The summed E-state index contributed by atoms with van der Waals surface area (Å²) < 4.78 is 10.9. The quantitative estimate of drug-likeness (QED) is 0.0809. The summed E-state index contributed by atoms with van der Waals surface area (Å²) in [7, 11) is 0. The van der Waals surface area contributed by atoms with Gasteiger partial charge < -0.3 is 9.47 Å². The van der Waals surface area contributed by atoms with Crippen LogP contribution < -0.4 is 4.74 Å². The van der Waals surface area contributed by atoms with Crippen molar-refractivity contribution in [1.82, 2.24) is 0 Å². The van der Waals surface area contributed by atoms with E-state index >= 15 is 0 Å².